The Kier molecular flexibility index (Phi) is 37.2. The Balaban J connectivity index is 2.27. The zero-order valence-electron chi connectivity index (χ0n) is 35.2. The van der Waals surface area contributed by atoms with E-state index in [2.05, 4.69) is 42.3 Å². The molecule has 0 saturated heterocycles. The molecule has 1 aromatic heterocycles. The molecule has 0 fully saturated rings. The molecular formula is C48H95N2+. The topological polar surface area (TPSA) is 8.81 Å². The maximum absolute atomic E-state index is 2.65. The maximum atomic E-state index is 2.65. The Morgan fingerprint density at radius 1 is 0.340 bits per heavy atom. The summed E-state index contributed by atoms with van der Waals surface area (Å²) in [5, 5.41) is 0. The van der Waals surface area contributed by atoms with Gasteiger partial charge < -0.3 is 0 Å². The number of hydrogen-bond donors (Lipinski definition) is 0. The number of imidazole rings is 1. The first-order valence-electron chi connectivity index (χ1n) is 23.9. The van der Waals surface area contributed by atoms with E-state index in [0.717, 1.165) is 0 Å². The van der Waals surface area contributed by atoms with Crippen LogP contribution in [0.3, 0.4) is 0 Å². The van der Waals surface area contributed by atoms with E-state index in [-0.39, 0.29) is 0 Å². The summed E-state index contributed by atoms with van der Waals surface area (Å²) in [7, 11) is 0. The molecular weight excluding hydrogens is 605 g/mol. The SMILES string of the molecule is CCCCCCCCCCCCCCCCc1n(CCCCCCCCCCCCCC)cc[n+]1CCCCCCCCCCCCCCC. The lowest BCUT2D eigenvalue weighted by Crippen LogP contribution is -2.37. The van der Waals surface area contributed by atoms with Crippen molar-refractivity contribution in [1.82, 2.24) is 4.57 Å². The highest BCUT2D eigenvalue weighted by Crippen LogP contribution is 2.16. The average molecular weight is 700 g/mol. The van der Waals surface area contributed by atoms with Gasteiger partial charge in [-0.05, 0) is 32.1 Å². The van der Waals surface area contributed by atoms with E-state index in [9.17, 15) is 0 Å². The van der Waals surface area contributed by atoms with Gasteiger partial charge in [-0.1, -0.05) is 239 Å². The van der Waals surface area contributed by atoms with Crippen LogP contribution in [0.4, 0.5) is 0 Å². The van der Waals surface area contributed by atoms with Gasteiger partial charge >= 0.3 is 0 Å². The predicted octanol–water partition coefficient (Wildman–Crippen LogP) is 16.6. The Hall–Kier alpha value is -0.790. The molecule has 0 spiro atoms. The van der Waals surface area contributed by atoms with Crippen molar-refractivity contribution in [3.8, 4) is 0 Å². The van der Waals surface area contributed by atoms with Crippen LogP contribution in [0.5, 0.6) is 0 Å². The number of aryl methyl sites for hydroxylation is 2. The molecule has 2 nitrogen and oxygen atoms in total. The first-order valence-corrected chi connectivity index (χ1v) is 23.9. The minimum Gasteiger partial charge on any atom is -0.234 e. The normalized spacial score (nSPS) is 11.7. The first-order chi connectivity index (χ1) is 24.8. The van der Waals surface area contributed by atoms with Gasteiger partial charge in [0.1, 0.15) is 12.4 Å². The monoisotopic (exact) mass is 700 g/mol. The van der Waals surface area contributed by atoms with E-state index < -0.39 is 0 Å². The molecule has 0 aliphatic heterocycles. The number of nitrogens with zero attached hydrogens (tertiary/aromatic N) is 2. The second-order valence-electron chi connectivity index (χ2n) is 16.6. The summed E-state index contributed by atoms with van der Waals surface area (Å²) in [5.74, 6) is 1.63. The maximum Gasteiger partial charge on any atom is 0.256 e. The molecule has 0 N–H and O–H groups in total. The summed E-state index contributed by atoms with van der Waals surface area (Å²) >= 11 is 0. The van der Waals surface area contributed by atoms with E-state index in [1.807, 2.05) is 0 Å². The van der Waals surface area contributed by atoms with Crippen LogP contribution in [-0.4, -0.2) is 4.57 Å². The molecule has 50 heavy (non-hydrogen) atoms. The molecule has 0 aromatic carbocycles. The largest absolute Gasteiger partial charge is 0.256 e. The lowest BCUT2D eigenvalue weighted by atomic mass is 10.0. The van der Waals surface area contributed by atoms with Crippen LogP contribution in [0.25, 0.3) is 0 Å². The van der Waals surface area contributed by atoms with E-state index in [0.29, 0.717) is 0 Å². The molecule has 0 amide bonds. The van der Waals surface area contributed by atoms with Crippen LogP contribution < -0.4 is 4.57 Å². The third-order valence-corrected chi connectivity index (χ3v) is 11.6. The van der Waals surface area contributed by atoms with Gasteiger partial charge in [-0.2, -0.15) is 0 Å². The van der Waals surface area contributed by atoms with Crippen LogP contribution in [0.15, 0.2) is 12.4 Å². The third kappa shape index (κ3) is 30.8. The van der Waals surface area contributed by atoms with E-state index in [1.165, 1.54) is 270 Å². The Morgan fingerprint density at radius 2 is 0.620 bits per heavy atom. The summed E-state index contributed by atoms with van der Waals surface area (Å²) in [6.45, 7) is 9.41. The van der Waals surface area contributed by atoms with E-state index in [4.69, 9.17) is 0 Å². The summed E-state index contributed by atoms with van der Waals surface area (Å²) in [4.78, 5) is 0. The first kappa shape index (κ1) is 47.2. The minimum atomic E-state index is 1.23. The van der Waals surface area contributed by atoms with Crippen molar-refractivity contribution in [1.29, 1.82) is 0 Å². The van der Waals surface area contributed by atoms with Gasteiger partial charge in [0.25, 0.3) is 5.82 Å². The number of hydrogen-bond acceptors (Lipinski definition) is 0. The van der Waals surface area contributed by atoms with Crippen LogP contribution in [0, 0.1) is 0 Å². The van der Waals surface area contributed by atoms with Crippen LogP contribution in [0.2, 0.25) is 0 Å². The molecule has 296 valence electrons. The summed E-state index contributed by atoms with van der Waals surface area (Å²) in [6, 6.07) is 0. The molecule has 0 bridgehead atoms. The third-order valence-electron chi connectivity index (χ3n) is 11.6. The van der Waals surface area contributed by atoms with E-state index in [1.54, 1.807) is 5.82 Å². The van der Waals surface area contributed by atoms with Crippen molar-refractivity contribution in [3.05, 3.63) is 18.2 Å². The van der Waals surface area contributed by atoms with Crippen molar-refractivity contribution in [3.63, 3.8) is 0 Å². The van der Waals surface area contributed by atoms with Gasteiger partial charge in [-0.15, -0.1) is 0 Å². The molecule has 0 unspecified atom stereocenters. The molecule has 0 saturated carbocycles. The standard InChI is InChI=1S/C48H95N2/c1-4-7-10-13-16-19-22-25-26-28-31-34-37-40-43-48-49(44-41-38-35-32-29-24-21-18-15-12-9-6-3)46-47-50(48)45-42-39-36-33-30-27-23-20-17-14-11-8-5-2/h46-47H,4-45H2,1-3H3/q+1. The molecule has 1 rings (SSSR count). The zero-order valence-corrected chi connectivity index (χ0v) is 35.2. The van der Waals surface area contributed by atoms with Crippen LogP contribution >= 0.6 is 0 Å². The molecule has 1 heterocycles. The fraction of sp³-hybridized carbons (Fsp3) is 0.938. The molecule has 0 aliphatic carbocycles. The van der Waals surface area contributed by atoms with Crippen LogP contribution in [-0.2, 0) is 19.5 Å². The fourth-order valence-corrected chi connectivity index (χ4v) is 8.09. The van der Waals surface area contributed by atoms with Gasteiger partial charge in [0.05, 0.1) is 13.1 Å². The number of unbranched alkanes of at least 4 members (excludes halogenated alkanes) is 36. The average Bonchev–Trinajstić information content (AvgIpc) is 3.51. The highest BCUT2D eigenvalue weighted by molar-refractivity contribution is 4.84. The van der Waals surface area contributed by atoms with Crippen molar-refractivity contribution in [2.75, 3.05) is 0 Å². The highest BCUT2D eigenvalue weighted by Gasteiger charge is 2.16. The van der Waals surface area contributed by atoms with Crippen molar-refractivity contribution in [2.45, 2.75) is 291 Å². The molecule has 2 heteroatoms. The highest BCUT2D eigenvalue weighted by atomic mass is 15.1. The number of aromatic nitrogens is 2. The minimum absolute atomic E-state index is 1.23. The van der Waals surface area contributed by atoms with Gasteiger partial charge in [0.2, 0.25) is 0 Å². The smallest absolute Gasteiger partial charge is 0.234 e. The number of rotatable bonds is 42. The zero-order chi connectivity index (χ0) is 35.8. The Morgan fingerprint density at radius 3 is 0.960 bits per heavy atom. The second-order valence-corrected chi connectivity index (χ2v) is 16.6. The summed E-state index contributed by atoms with van der Waals surface area (Å²) in [6.07, 6.45) is 62.3. The quantitative estimate of drug-likeness (QED) is 0.0474. The van der Waals surface area contributed by atoms with Gasteiger partial charge in [-0.25, -0.2) is 9.13 Å². The Bertz CT molecular complexity index is 766. The molecule has 0 aliphatic rings. The Labute approximate surface area is 317 Å². The predicted molar refractivity (Wildman–Crippen MR) is 225 cm³/mol. The van der Waals surface area contributed by atoms with Gasteiger partial charge in [0, 0.05) is 6.42 Å². The van der Waals surface area contributed by atoms with Crippen molar-refractivity contribution < 1.29 is 4.57 Å². The molecule has 1 aromatic rings. The summed E-state index contributed by atoms with van der Waals surface area (Å²) in [5.41, 5.74) is 0. The van der Waals surface area contributed by atoms with Gasteiger partial charge in [0.15, 0.2) is 0 Å². The lowest BCUT2D eigenvalue weighted by molar-refractivity contribution is -0.704. The van der Waals surface area contributed by atoms with Crippen LogP contribution in [0.1, 0.15) is 277 Å². The fourth-order valence-electron chi connectivity index (χ4n) is 8.09. The lowest BCUT2D eigenvalue weighted by Gasteiger charge is -2.07. The van der Waals surface area contributed by atoms with Crippen molar-refractivity contribution >= 4 is 0 Å². The molecule has 0 radical (unpaired) electrons. The molecule has 0 atom stereocenters. The second kappa shape index (κ2) is 39.4. The van der Waals surface area contributed by atoms with E-state index >= 15 is 0 Å². The van der Waals surface area contributed by atoms with Crippen molar-refractivity contribution in [2.24, 2.45) is 0 Å². The summed E-state index contributed by atoms with van der Waals surface area (Å²) < 4.78 is 5.31. The van der Waals surface area contributed by atoms with Gasteiger partial charge in [-0.3, -0.25) is 0 Å².